The van der Waals surface area contributed by atoms with E-state index in [1.165, 1.54) is 18.2 Å². The Bertz CT molecular complexity index is 1810. The molecule has 1 unspecified atom stereocenters. The number of rotatable bonds is 9. The molecule has 230 valence electrons. The van der Waals surface area contributed by atoms with E-state index in [2.05, 4.69) is 20.4 Å². The summed E-state index contributed by atoms with van der Waals surface area (Å²) in [6, 6.07) is 11.5. The maximum absolute atomic E-state index is 13.7. The Kier molecular flexibility index (Phi) is 7.02. The van der Waals surface area contributed by atoms with Gasteiger partial charge in [0, 0.05) is 29.8 Å². The molecule has 0 spiro atoms. The smallest absolute Gasteiger partial charge is 0.453 e. The SMILES string of the molecule is Nc1nc(-c2nn(CCC(F)(F)C(F)(F)F)c3cc(Cl)ccc23)nc2c1C(c1ccc(CCC(=O)O)cc1)(C1CC1)C(=O)N2. The lowest BCUT2D eigenvalue weighted by molar-refractivity contribution is -0.285. The number of hydrogen-bond donors (Lipinski definition) is 3. The number of benzene rings is 2. The fourth-order valence-corrected chi connectivity index (χ4v) is 6.02. The molecule has 0 radical (unpaired) electrons. The Hall–Kier alpha value is -4.33. The molecule has 1 saturated carbocycles. The van der Waals surface area contributed by atoms with Crippen molar-refractivity contribution in [1.29, 1.82) is 0 Å². The number of amides is 1. The minimum atomic E-state index is -5.72. The second kappa shape index (κ2) is 10.4. The predicted molar refractivity (Wildman–Crippen MR) is 150 cm³/mol. The molecule has 9 nitrogen and oxygen atoms in total. The van der Waals surface area contributed by atoms with Gasteiger partial charge in [-0.3, -0.25) is 14.3 Å². The van der Waals surface area contributed by atoms with Crippen molar-refractivity contribution >= 4 is 46.0 Å². The average Bonchev–Trinajstić information content (AvgIpc) is 3.67. The number of hydrogen-bond acceptors (Lipinski definition) is 6. The number of halogens is 6. The first-order valence-electron chi connectivity index (χ1n) is 13.6. The van der Waals surface area contributed by atoms with Crippen LogP contribution in [0, 0.1) is 5.92 Å². The summed E-state index contributed by atoms with van der Waals surface area (Å²) < 4.78 is 67.0. The Balaban J connectivity index is 1.41. The molecule has 1 fully saturated rings. The zero-order valence-electron chi connectivity index (χ0n) is 22.8. The standard InChI is InChI=1S/C29H24ClF5N6O3/c30-17-8-9-18-19(13-17)41(12-11-27(31,32)29(33,34)35)40-22(18)25-37-23(36)21-24(38-25)39-26(44)28(21,16-6-7-16)15-4-1-14(2-5-15)3-10-20(42)43/h1-2,4-5,8-9,13,16H,3,6-7,10-12H2,(H,42,43)(H3,36,37,38,39,44). The summed E-state index contributed by atoms with van der Waals surface area (Å²) in [5.74, 6) is -6.27. The Morgan fingerprint density at radius 3 is 2.45 bits per heavy atom. The quantitative estimate of drug-likeness (QED) is 0.193. The number of aliphatic carboxylic acids is 1. The third-order valence-corrected chi connectivity index (χ3v) is 8.36. The molecule has 1 aliphatic heterocycles. The molecule has 1 amide bonds. The van der Waals surface area contributed by atoms with Crippen molar-refractivity contribution < 1.29 is 36.6 Å². The maximum Gasteiger partial charge on any atom is 0.453 e. The van der Waals surface area contributed by atoms with Gasteiger partial charge in [0.2, 0.25) is 5.91 Å². The highest BCUT2D eigenvalue weighted by Crippen LogP contribution is 2.57. The minimum absolute atomic E-state index is 0.0227. The largest absolute Gasteiger partial charge is 0.481 e. The van der Waals surface area contributed by atoms with E-state index in [0.29, 0.717) is 22.9 Å². The van der Waals surface area contributed by atoms with Crippen LogP contribution in [-0.2, 0) is 28.0 Å². The normalized spacial score (nSPS) is 18.5. The van der Waals surface area contributed by atoms with E-state index in [4.69, 9.17) is 22.4 Å². The van der Waals surface area contributed by atoms with Crippen LogP contribution in [0.2, 0.25) is 5.02 Å². The van der Waals surface area contributed by atoms with E-state index < -0.39 is 36.4 Å². The third kappa shape index (κ3) is 4.90. The highest BCUT2D eigenvalue weighted by atomic mass is 35.5. The van der Waals surface area contributed by atoms with E-state index in [1.54, 1.807) is 24.3 Å². The molecule has 2 aromatic carbocycles. The van der Waals surface area contributed by atoms with Crippen LogP contribution in [0.15, 0.2) is 42.5 Å². The second-order valence-electron chi connectivity index (χ2n) is 11.0. The van der Waals surface area contributed by atoms with E-state index in [-0.39, 0.29) is 51.9 Å². The van der Waals surface area contributed by atoms with Crippen LogP contribution < -0.4 is 11.1 Å². The number of fused-ring (bicyclic) bond motifs is 2. The van der Waals surface area contributed by atoms with Crippen LogP contribution in [0.5, 0.6) is 0 Å². The monoisotopic (exact) mass is 634 g/mol. The number of aryl methyl sites for hydroxylation is 2. The number of carbonyl (C=O) groups excluding carboxylic acids is 1. The summed E-state index contributed by atoms with van der Waals surface area (Å²) in [6.07, 6.45) is -5.51. The lowest BCUT2D eigenvalue weighted by atomic mass is 9.71. The number of anilines is 2. The van der Waals surface area contributed by atoms with Crippen LogP contribution >= 0.6 is 11.6 Å². The maximum atomic E-state index is 13.7. The number of nitrogens with two attached hydrogens (primary N) is 1. The molecule has 2 aliphatic rings. The Labute approximate surface area is 251 Å². The number of carboxylic acids is 1. The number of alkyl halides is 5. The summed E-state index contributed by atoms with van der Waals surface area (Å²) >= 11 is 6.10. The molecule has 3 heterocycles. The van der Waals surface area contributed by atoms with E-state index in [1.807, 2.05) is 0 Å². The average molecular weight is 635 g/mol. The van der Waals surface area contributed by atoms with Crippen LogP contribution in [0.25, 0.3) is 22.4 Å². The highest BCUT2D eigenvalue weighted by molar-refractivity contribution is 6.31. The van der Waals surface area contributed by atoms with Crippen molar-refractivity contribution in [3.8, 4) is 11.5 Å². The fourth-order valence-electron chi connectivity index (χ4n) is 5.86. The summed E-state index contributed by atoms with van der Waals surface area (Å²) in [5.41, 5.74) is 7.38. The van der Waals surface area contributed by atoms with Gasteiger partial charge in [-0.2, -0.15) is 27.1 Å². The molecule has 44 heavy (non-hydrogen) atoms. The number of carbonyl (C=O) groups is 2. The van der Waals surface area contributed by atoms with Crippen molar-refractivity contribution in [2.75, 3.05) is 11.1 Å². The summed E-state index contributed by atoms with van der Waals surface area (Å²) in [4.78, 5) is 33.7. The zero-order chi connectivity index (χ0) is 31.6. The molecule has 6 rings (SSSR count). The molecule has 0 saturated heterocycles. The molecule has 1 aliphatic carbocycles. The molecule has 15 heteroatoms. The first-order chi connectivity index (χ1) is 20.7. The number of carboxylic acid groups (broad SMARTS) is 1. The van der Waals surface area contributed by atoms with Gasteiger partial charge in [-0.1, -0.05) is 35.9 Å². The van der Waals surface area contributed by atoms with Gasteiger partial charge in [0.1, 0.15) is 22.7 Å². The van der Waals surface area contributed by atoms with E-state index >= 15 is 0 Å². The van der Waals surface area contributed by atoms with Crippen LogP contribution in [0.4, 0.5) is 33.6 Å². The summed E-state index contributed by atoms with van der Waals surface area (Å²) in [5, 5.41) is 16.6. The van der Waals surface area contributed by atoms with Crippen molar-refractivity contribution in [3.05, 3.63) is 64.2 Å². The molecular formula is C29H24ClF5N6O3. The number of nitrogens with zero attached hydrogens (tertiary/aromatic N) is 4. The van der Waals surface area contributed by atoms with Gasteiger partial charge in [-0.25, -0.2) is 9.97 Å². The predicted octanol–water partition coefficient (Wildman–Crippen LogP) is 5.98. The lowest BCUT2D eigenvalue weighted by Crippen LogP contribution is -2.38. The lowest BCUT2D eigenvalue weighted by Gasteiger charge is -2.28. The topological polar surface area (TPSA) is 136 Å². The fraction of sp³-hybridized carbons (Fsp3) is 0.345. The molecule has 4 aromatic rings. The van der Waals surface area contributed by atoms with Crippen LogP contribution in [0.1, 0.15) is 42.4 Å². The summed E-state index contributed by atoms with van der Waals surface area (Å²) in [6.45, 7) is -0.784. The second-order valence-corrected chi connectivity index (χ2v) is 11.4. The van der Waals surface area contributed by atoms with Crippen LogP contribution in [-0.4, -0.2) is 48.8 Å². The summed E-state index contributed by atoms with van der Waals surface area (Å²) in [7, 11) is 0. The first kappa shape index (κ1) is 29.7. The van der Waals surface area contributed by atoms with Gasteiger partial charge in [0.05, 0.1) is 11.1 Å². The van der Waals surface area contributed by atoms with Crippen molar-refractivity contribution in [2.24, 2.45) is 5.92 Å². The van der Waals surface area contributed by atoms with Crippen molar-refractivity contribution in [2.45, 2.75) is 56.2 Å². The number of nitrogens with one attached hydrogen (secondary N) is 1. The minimum Gasteiger partial charge on any atom is -0.481 e. The van der Waals surface area contributed by atoms with Gasteiger partial charge >= 0.3 is 18.1 Å². The van der Waals surface area contributed by atoms with Gasteiger partial charge < -0.3 is 16.2 Å². The highest BCUT2D eigenvalue weighted by Gasteiger charge is 2.59. The van der Waals surface area contributed by atoms with Gasteiger partial charge in [0.25, 0.3) is 0 Å². The molecule has 2 aromatic heterocycles. The molecule has 0 bridgehead atoms. The van der Waals surface area contributed by atoms with Crippen molar-refractivity contribution in [3.63, 3.8) is 0 Å². The molecule has 4 N–H and O–H groups in total. The molecular weight excluding hydrogens is 611 g/mol. The van der Waals surface area contributed by atoms with Crippen molar-refractivity contribution in [1.82, 2.24) is 19.7 Å². The van der Waals surface area contributed by atoms with Gasteiger partial charge in [0.15, 0.2) is 5.82 Å². The Morgan fingerprint density at radius 2 is 1.82 bits per heavy atom. The van der Waals surface area contributed by atoms with E-state index in [0.717, 1.165) is 23.1 Å². The Morgan fingerprint density at radius 1 is 1.11 bits per heavy atom. The zero-order valence-corrected chi connectivity index (χ0v) is 23.5. The third-order valence-electron chi connectivity index (χ3n) is 8.13. The van der Waals surface area contributed by atoms with Gasteiger partial charge in [-0.05, 0) is 54.5 Å². The van der Waals surface area contributed by atoms with Crippen LogP contribution in [0.3, 0.4) is 0 Å². The number of aromatic nitrogens is 4. The molecule has 1 atom stereocenters. The first-order valence-corrected chi connectivity index (χ1v) is 14.0. The van der Waals surface area contributed by atoms with E-state index in [9.17, 15) is 31.5 Å². The number of nitrogen functional groups attached to an aromatic ring is 1. The van der Waals surface area contributed by atoms with Gasteiger partial charge in [-0.15, -0.1) is 0 Å².